The van der Waals surface area contributed by atoms with E-state index in [0.29, 0.717) is 0 Å². The Morgan fingerprint density at radius 1 is 1.50 bits per heavy atom. The van der Waals surface area contributed by atoms with Gasteiger partial charge in [-0.25, -0.2) is 0 Å². The largest absolute Gasteiger partial charge is 0.344 e. The molecule has 5 nitrogen and oxygen atoms in total. The van der Waals surface area contributed by atoms with Crippen LogP contribution in [0.5, 0.6) is 0 Å². The normalized spacial score (nSPS) is 17.9. The van der Waals surface area contributed by atoms with Gasteiger partial charge < -0.3 is 10.2 Å². The fourth-order valence-corrected chi connectivity index (χ4v) is 2.40. The zero-order valence-electron chi connectivity index (χ0n) is 10.9. The molecule has 1 aliphatic heterocycles. The van der Waals surface area contributed by atoms with Crippen molar-refractivity contribution in [3.05, 3.63) is 18.5 Å². The number of rotatable bonds is 3. The summed E-state index contributed by atoms with van der Waals surface area (Å²) in [6.45, 7) is 4.46. The summed E-state index contributed by atoms with van der Waals surface area (Å²) in [5.74, 6) is 0.171. The van der Waals surface area contributed by atoms with Gasteiger partial charge in [-0.2, -0.15) is 5.10 Å². The number of likely N-dealkylation sites (N-methyl/N-ethyl adjacent to an activating group) is 1. The van der Waals surface area contributed by atoms with E-state index in [1.807, 2.05) is 30.9 Å². The molecule has 1 aromatic rings. The van der Waals surface area contributed by atoms with E-state index in [9.17, 15) is 4.79 Å². The van der Waals surface area contributed by atoms with Gasteiger partial charge >= 0.3 is 0 Å². The molecule has 1 saturated heterocycles. The second-order valence-corrected chi connectivity index (χ2v) is 4.55. The fourth-order valence-electron chi connectivity index (χ4n) is 2.40. The molecular formula is C12H21ClN4O. The number of amides is 1. The highest BCUT2D eigenvalue weighted by atomic mass is 35.5. The van der Waals surface area contributed by atoms with Crippen LogP contribution >= 0.6 is 12.4 Å². The first kappa shape index (κ1) is 15.0. The van der Waals surface area contributed by atoms with Crippen LogP contribution in [-0.4, -0.2) is 47.3 Å². The number of hydrogen-bond acceptors (Lipinski definition) is 3. The van der Waals surface area contributed by atoms with Crippen LogP contribution < -0.4 is 5.32 Å². The van der Waals surface area contributed by atoms with Crippen LogP contribution in [0.15, 0.2) is 18.5 Å². The van der Waals surface area contributed by atoms with Gasteiger partial charge in [-0.1, -0.05) is 0 Å². The maximum atomic E-state index is 12.6. The SMILES string of the molecule is CCN(C)C(=O)C1(n2cccn2)CCNCC1.Cl. The summed E-state index contributed by atoms with van der Waals surface area (Å²) in [6, 6.07) is 1.88. The molecule has 0 aliphatic carbocycles. The molecule has 1 amide bonds. The van der Waals surface area contributed by atoms with Crippen molar-refractivity contribution in [1.29, 1.82) is 0 Å². The molecule has 2 rings (SSSR count). The van der Waals surface area contributed by atoms with E-state index in [4.69, 9.17) is 0 Å². The van der Waals surface area contributed by atoms with Crippen LogP contribution in [0, 0.1) is 0 Å². The molecule has 0 radical (unpaired) electrons. The number of nitrogens with zero attached hydrogens (tertiary/aromatic N) is 3. The Morgan fingerprint density at radius 3 is 2.67 bits per heavy atom. The van der Waals surface area contributed by atoms with Crippen molar-refractivity contribution in [2.45, 2.75) is 25.3 Å². The van der Waals surface area contributed by atoms with Gasteiger partial charge in [0.05, 0.1) is 0 Å². The standard InChI is InChI=1S/C12H20N4O.ClH/c1-3-15(2)11(17)12(5-8-13-9-6-12)16-10-4-7-14-16;/h4,7,10,13H,3,5-6,8-9H2,1-2H3;1H. The van der Waals surface area contributed by atoms with Crippen molar-refractivity contribution in [2.75, 3.05) is 26.7 Å². The monoisotopic (exact) mass is 272 g/mol. The van der Waals surface area contributed by atoms with Crippen LogP contribution in [0.25, 0.3) is 0 Å². The number of piperidine rings is 1. The third-order valence-electron chi connectivity index (χ3n) is 3.59. The average molecular weight is 273 g/mol. The van der Waals surface area contributed by atoms with Gasteiger partial charge in [-0.3, -0.25) is 9.48 Å². The molecule has 0 aromatic carbocycles. The predicted molar refractivity (Wildman–Crippen MR) is 72.9 cm³/mol. The highest BCUT2D eigenvalue weighted by Crippen LogP contribution is 2.28. The fraction of sp³-hybridized carbons (Fsp3) is 0.667. The molecule has 2 heterocycles. The lowest BCUT2D eigenvalue weighted by atomic mass is 9.87. The van der Waals surface area contributed by atoms with Gasteiger partial charge in [0.25, 0.3) is 0 Å². The summed E-state index contributed by atoms with van der Waals surface area (Å²) in [7, 11) is 1.86. The van der Waals surface area contributed by atoms with E-state index in [1.54, 1.807) is 11.1 Å². The Balaban J connectivity index is 0.00000162. The third kappa shape index (κ3) is 2.52. The zero-order valence-corrected chi connectivity index (χ0v) is 11.7. The molecule has 1 aliphatic rings. The highest BCUT2D eigenvalue weighted by molar-refractivity contribution is 5.85. The first-order valence-electron chi connectivity index (χ1n) is 6.17. The van der Waals surface area contributed by atoms with Crippen LogP contribution in [0.2, 0.25) is 0 Å². The smallest absolute Gasteiger partial charge is 0.250 e. The molecule has 0 saturated carbocycles. The molecule has 0 spiro atoms. The number of halogens is 1. The Labute approximate surface area is 114 Å². The number of carbonyl (C=O) groups excluding carboxylic acids is 1. The maximum absolute atomic E-state index is 12.6. The molecule has 1 N–H and O–H groups in total. The number of carbonyl (C=O) groups is 1. The Morgan fingerprint density at radius 2 is 2.17 bits per heavy atom. The molecule has 1 aromatic heterocycles. The van der Waals surface area contributed by atoms with Crippen molar-refractivity contribution >= 4 is 18.3 Å². The van der Waals surface area contributed by atoms with E-state index >= 15 is 0 Å². The van der Waals surface area contributed by atoms with Crippen molar-refractivity contribution in [3.8, 4) is 0 Å². The van der Waals surface area contributed by atoms with E-state index < -0.39 is 5.54 Å². The van der Waals surface area contributed by atoms with E-state index in [-0.39, 0.29) is 18.3 Å². The first-order chi connectivity index (χ1) is 8.20. The third-order valence-corrected chi connectivity index (χ3v) is 3.59. The minimum Gasteiger partial charge on any atom is -0.344 e. The molecule has 102 valence electrons. The quantitative estimate of drug-likeness (QED) is 0.888. The molecule has 0 atom stereocenters. The average Bonchev–Trinajstić information content (AvgIpc) is 2.92. The minimum absolute atomic E-state index is 0. The Hall–Kier alpha value is -1.07. The summed E-state index contributed by atoms with van der Waals surface area (Å²) >= 11 is 0. The van der Waals surface area contributed by atoms with Crippen molar-refractivity contribution in [2.24, 2.45) is 0 Å². The van der Waals surface area contributed by atoms with Crippen LogP contribution in [0.3, 0.4) is 0 Å². The summed E-state index contributed by atoms with van der Waals surface area (Å²) in [6.07, 6.45) is 5.24. The van der Waals surface area contributed by atoms with Gasteiger partial charge in [0.1, 0.15) is 5.54 Å². The lowest BCUT2D eigenvalue weighted by Crippen LogP contribution is -2.54. The molecule has 0 bridgehead atoms. The highest BCUT2D eigenvalue weighted by Gasteiger charge is 2.43. The zero-order chi connectivity index (χ0) is 12.3. The van der Waals surface area contributed by atoms with Gasteiger partial charge in [0.2, 0.25) is 5.91 Å². The van der Waals surface area contributed by atoms with Gasteiger partial charge in [0, 0.05) is 26.0 Å². The van der Waals surface area contributed by atoms with Crippen LogP contribution in [-0.2, 0) is 10.3 Å². The van der Waals surface area contributed by atoms with Crippen molar-refractivity contribution in [1.82, 2.24) is 20.0 Å². The van der Waals surface area contributed by atoms with Crippen LogP contribution in [0.1, 0.15) is 19.8 Å². The summed E-state index contributed by atoms with van der Waals surface area (Å²) in [5.41, 5.74) is -0.487. The summed E-state index contributed by atoms with van der Waals surface area (Å²) in [5, 5.41) is 7.59. The lowest BCUT2D eigenvalue weighted by Gasteiger charge is -2.38. The van der Waals surface area contributed by atoms with E-state index in [0.717, 1.165) is 32.5 Å². The molecule has 1 fully saturated rings. The topological polar surface area (TPSA) is 50.2 Å². The van der Waals surface area contributed by atoms with E-state index in [2.05, 4.69) is 10.4 Å². The minimum atomic E-state index is -0.487. The lowest BCUT2D eigenvalue weighted by molar-refractivity contribution is -0.141. The van der Waals surface area contributed by atoms with Gasteiger partial charge in [0.15, 0.2) is 0 Å². The van der Waals surface area contributed by atoms with E-state index in [1.165, 1.54) is 0 Å². The number of aromatic nitrogens is 2. The second-order valence-electron chi connectivity index (χ2n) is 4.55. The Bertz CT molecular complexity index is 373. The number of hydrogen-bond donors (Lipinski definition) is 1. The Kier molecular flexibility index (Phi) is 5.16. The first-order valence-corrected chi connectivity index (χ1v) is 6.17. The van der Waals surface area contributed by atoms with Gasteiger partial charge in [-0.15, -0.1) is 12.4 Å². The molecule has 6 heteroatoms. The summed E-state index contributed by atoms with van der Waals surface area (Å²) in [4.78, 5) is 14.4. The van der Waals surface area contributed by atoms with Gasteiger partial charge in [-0.05, 0) is 38.9 Å². The van der Waals surface area contributed by atoms with Crippen LogP contribution in [0.4, 0.5) is 0 Å². The van der Waals surface area contributed by atoms with Crippen molar-refractivity contribution in [3.63, 3.8) is 0 Å². The molecular weight excluding hydrogens is 252 g/mol. The maximum Gasteiger partial charge on any atom is 0.250 e. The molecule has 18 heavy (non-hydrogen) atoms. The predicted octanol–water partition coefficient (Wildman–Crippen LogP) is 0.862. The number of nitrogens with one attached hydrogen (secondary N) is 1. The second kappa shape index (κ2) is 6.20. The van der Waals surface area contributed by atoms with Crippen molar-refractivity contribution < 1.29 is 4.79 Å². The molecule has 0 unspecified atom stereocenters. The summed E-state index contributed by atoms with van der Waals surface area (Å²) < 4.78 is 1.84.